The van der Waals surface area contributed by atoms with Crippen LogP contribution in [0.25, 0.3) is 0 Å². The quantitative estimate of drug-likeness (QED) is 0.613. The predicted molar refractivity (Wildman–Crippen MR) is 83.3 cm³/mol. The van der Waals surface area contributed by atoms with Gasteiger partial charge in [-0.3, -0.25) is 14.9 Å². The molecule has 7 heteroatoms. The van der Waals surface area contributed by atoms with Crippen molar-refractivity contribution < 1.29 is 14.5 Å². The molecule has 1 aliphatic rings. The van der Waals surface area contributed by atoms with E-state index in [2.05, 4.69) is 0 Å². The summed E-state index contributed by atoms with van der Waals surface area (Å²) in [5.74, 6) is 0.284. The van der Waals surface area contributed by atoms with Crippen LogP contribution in [0.3, 0.4) is 0 Å². The van der Waals surface area contributed by atoms with Crippen LogP contribution in [0.15, 0.2) is 18.2 Å². The molecule has 2 rings (SSSR count). The maximum absolute atomic E-state index is 12.6. The minimum absolute atomic E-state index is 0.0123. The standard InChI is InChI=1S/C15H21N3O4/c1-10(2)14-15(19)17(8-7-16(3)4)12-6-5-11(18(20)21)9-13(12)22-14/h5-6,9-10,14H,7-8H2,1-4H3. The van der Waals surface area contributed by atoms with Crippen LogP contribution in [0, 0.1) is 16.0 Å². The molecule has 1 heterocycles. The number of benzene rings is 1. The van der Waals surface area contributed by atoms with Gasteiger partial charge in [-0.15, -0.1) is 0 Å². The Hall–Kier alpha value is -2.15. The summed E-state index contributed by atoms with van der Waals surface area (Å²) in [4.78, 5) is 26.7. The van der Waals surface area contributed by atoms with Crippen molar-refractivity contribution in [3.63, 3.8) is 0 Å². The van der Waals surface area contributed by atoms with Crippen LogP contribution in [0.5, 0.6) is 5.75 Å². The molecule has 0 bridgehead atoms. The highest BCUT2D eigenvalue weighted by molar-refractivity contribution is 6.00. The predicted octanol–water partition coefficient (Wildman–Crippen LogP) is 1.91. The van der Waals surface area contributed by atoms with Gasteiger partial charge in [0, 0.05) is 19.2 Å². The molecule has 1 unspecified atom stereocenters. The molecule has 120 valence electrons. The lowest BCUT2D eigenvalue weighted by Gasteiger charge is -2.36. The number of nitrogens with zero attached hydrogens (tertiary/aromatic N) is 3. The summed E-state index contributed by atoms with van der Waals surface area (Å²) in [6, 6.07) is 4.37. The molecule has 0 aliphatic carbocycles. The van der Waals surface area contributed by atoms with E-state index >= 15 is 0 Å². The largest absolute Gasteiger partial charge is 0.478 e. The van der Waals surface area contributed by atoms with Gasteiger partial charge in [0.1, 0.15) is 0 Å². The monoisotopic (exact) mass is 307 g/mol. The van der Waals surface area contributed by atoms with E-state index in [4.69, 9.17) is 4.74 Å². The van der Waals surface area contributed by atoms with Crippen molar-refractivity contribution in [2.24, 2.45) is 5.92 Å². The van der Waals surface area contributed by atoms with Crippen molar-refractivity contribution in [3.8, 4) is 5.75 Å². The van der Waals surface area contributed by atoms with E-state index in [-0.39, 0.29) is 17.5 Å². The molecule has 1 aromatic carbocycles. The highest BCUT2D eigenvalue weighted by Crippen LogP contribution is 2.38. The van der Waals surface area contributed by atoms with Gasteiger partial charge < -0.3 is 14.5 Å². The number of fused-ring (bicyclic) bond motifs is 1. The molecule has 7 nitrogen and oxygen atoms in total. The summed E-state index contributed by atoms with van der Waals surface area (Å²) >= 11 is 0. The number of carbonyl (C=O) groups is 1. The Kier molecular flexibility index (Phi) is 4.65. The number of hydrogen-bond acceptors (Lipinski definition) is 5. The van der Waals surface area contributed by atoms with Gasteiger partial charge in [0.25, 0.3) is 11.6 Å². The van der Waals surface area contributed by atoms with Crippen LogP contribution in [0.2, 0.25) is 0 Å². The molecule has 1 atom stereocenters. The smallest absolute Gasteiger partial charge is 0.273 e. The average molecular weight is 307 g/mol. The number of non-ortho nitro benzene ring substituents is 1. The summed E-state index contributed by atoms with van der Waals surface area (Å²) in [6.45, 7) is 5.01. The van der Waals surface area contributed by atoms with Crippen LogP contribution >= 0.6 is 0 Å². The molecule has 1 aliphatic heterocycles. The van der Waals surface area contributed by atoms with Gasteiger partial charge in [-0.1, -0.05) is 13.8 Å². The second-order valence-corrected chi connectivity index (χ2v) is 5.98. The second-order valence-electron chi connectivity index (χ2n) is 5.98. The van der Waals surface area contributed by atoms with Crippen molar-refractivity contribution in [2.75, 3.05) is 32.1 Å². The highest BCUT2D eigenvalue weighted by atomic mass is 16.6. The van der Waals surface area contributed by atoms with Crippen molar-refractivity contribution >= 4 is 17.3 Å². The molecular formula is C15H21N3O4. The molecule has 1 aromatic rings. The van der Waals surface area contributed by atoms with Crippen molar-refractivity contribution in [3.05, 3.63) is 28.3 Å². The first kappa shape index (κ1) is 16.2. The third kappa shape index (κ3) is 3.19. The zero-order valence-corrected chi connectivity index (χ0v) is 13.3. The Morgan fingerprint density at radius 3 is 2.64 bits per heavy atom. The van der Waals surface area contributed by atoms with Crippen LogP contribution in [-0.4, -0.2) is 49.0 Å². The van der Waals surface area contributed by atoms with E-state index in [0.29, 0.717) is 24.5 Å². The van der Waals surface area contributed by atoms with E-state index in [1.807, 2.05) is 32.8 Å². The number of ether oxygens (including phenoxy) is 1. The average Bonchev–Trinajstić information content (AvgIpc) is 2.44. The van der Waals surface area contributed by atoms with Crippen molar-refractivity contribution in [1.82, 2.24) is 4.90 Å². The fourth-order valence-electron chi connectivity index (χ4n) is 2.35. The molecule has 1 amide bonds. The fourth-order valence-corrected chi connectivity index (χ4v) is 2.35. The number of carbonyl (C=O) groups excluding carboxylic acids is 1. The van der Waals surface area contributed by atoms with E-state index in [1.165, 1.54) is 12.1 Å². The minimum Gasteiger partial charge on any atom is -0.478 e. The summed E-state index contributed by atoms with van der Waals surface area (Å²) in [6.07, 6.45) is -0.614. The van der Waals surface area contributed by atoms with Crippen LogP contribution < -0.4 is 9.64 Å². The third-order valence-corrected chi connectivity index (χ3v) is 3.58. The Bertz CT molecular complexity index is 586. The molecule has 0 spiro atoms. The highest BCUT2D eigenvalue weighted by Gasteiger charge is 2.36. The normalized spacial score (nSPS) is 17.6. The molecule has 0 fully saturated rings. The van der Waals surface area contributed by atoms with E-state index in [9.17, 15) is 14.9 Å². The Balaban J connectivity index is 2.40. The molecule has 0 aromatic heterocycles. The number of nitro groups is 1. The fraction of sp³-hybridized carbons (Fsp3) is 0.533. The summed E-state index contributed by atoms with van der Waals surface area (Å²) in [5, 5.41) is 10.9. The number of anilines is 1. The Morgan fingerprint density at radius 1 is 1.41 bits per heavy atom. The van der Waals surface area contributed by atoms with Crippen LogP contribution in [0.1, 0.15) is 13.8 Å². The Morgan fingerprint density at radius 2 is 2.09 bits per heavy atom. The van der Waals surface area contributed by atoms with Crippen LogP contribution in [0.4, 0.5) is 11.4 Å². The number of rotatable bonds is 5. The summed E-state index contributed by atoms with van der Waals surface area (Å²) in [5.41, 5.74) is 0.553. The summed E-state index contributed by atoms with van der Waals surface area (Å²) in [7, 11) is 3.86. The van der Waals surface area contributed by atoms with Gasteiger partial charge in [-0.25, -0.2) is 0 Å². The lowest BCUT2D eigenvalue weighted by Crippen LogP contribution is -2.50. The molecule has 0 radical (unpaired) electrons. The number of likely N-dealkylation sites (N-methyl/N-ethyl adjacent to an activating group) is 1. The zero-order valence-electron chi connectivity index (χ0n) is 13.3. The van der Waals surface area contributed by atoms with E-state index in [0.717, 1.165) is 0 Å². The van der Waals surface area contributed by atoms with E-state index < -0.39 is 11.0 Å². The zero-order chi connectivity index (χ0) is 16.4. The third-order valence-electron chi connectivity index (χ3n) is 3.58. The molecule has 0 N–H and O–H groups in total. The summed E-state index contributed by atoms with van der Waals surface area (Å²) < 4.78 is 5.72. The first-order valence-electron chi connectivity index (χ1n) is 7.22. The number of nitro benzene ring substituents is 1. The first-order valence-corrected chi connectivity index (χ1v) is 7.22. The van der Waals surface area contributed by atoms with Crippen molar-refractivity contribution in [2.45, 2.75) is 20.0 Å². The van der Waals surface area contributed by atoms with Gasteiger partial charge in [0.15, 0.2) is 11.9 Å². The molecular weight excluding hydrogens is 286 g/mol. The lowest BCUT2D eigenvalue weighted by atomic mass is 10.0. The maximum atomic E-state index is 12.6. The minimum atomic E-state index is -0.614. The van der Waals surface area contributed by atoms with Gasteiger partial charge in [-0.05, 0) is 26.1 Å². The van der Waals surface area contributed by atoms with Gasteiger partial charge in [-0.2, -0.15) is 0 Å². The number of hydrogen-bond donors (Lipinski definition) is 0. The number of amides is 1. The van der Waals surface area contributed by atoms with Gasteiger partial charge in [0.2, 0.25) is 0 Å². The molecule has 22 heavy (non-hydrogen) atoms. The molecule has 0 saturated carbocycles. The van der Waals surface area contributed by atoms with E-state index in [1.54, 1.807) is 11.0 Å². The molecule has 0 saturated heterocycles. The second kappa shape index (κ2) is 6.31. The van der Waals surface area contributed by atoms with Gasteiger partial charge in [0.05, 0.1) is 16.7 Å². The maximum Gasteiger partial charge on any atom is 0.273 e. The lowest BCUT2D eigenvalue weighted by molar-refractivity contribution is -0.384. The Labute approximate surface area is 129 Å². The first-order chi connectivity index (χ1) is 10.3. The van der Waals surface area contributed by atoms with Crippen LogP contribution in [-0.2, 0) is 4.79 Å². The van der Waals surface area contributed by atoms with Crippen molar-refractivity contribution in [1.29, 1.82) is 0 Å². The SMILES string of the molecule is CC(C)C1Oc2cc([N+](=O)[O-])ccc2N(CCN(C)C)C1=O. The van der Waals surface area contributed by atoms with Gasteiger partial charge >= 0.3 is 0 Å². The topological polar surface area (TPSA) is 75.9 Å².